The minimum absolute atomic E-state index is 0.509. The lowest BCUT2D eigenvalue weighted by molar-refractivity contribution is -0.0837. The highest BCUT2D eigenvalue weighted by Crippen LogP contribution is 2.77. The van der Waals surface area contributed by atoms with Gasteiger partial charge in [0.1, 0.15) is 0 Å². The summed E-state index contributed by atoms with van der Waals surface area (Å²) in [5.74, 6) is 6.52. The zero-order valence-corrected chi connectivity index (χ0v) is 26.8. The molecule has 4 bridgehead atoms. The lowest BCUT2D eigenvalue weighted by Gasteiger charge is -2.65. The molecule has 0 radical (unpaired) electrons. The molecule has 10 rings (SSSR count). The van der Waals surface area contributed by atoms with E-state index in [0.717, 1.165) is 23.7 Å². The molecule has 6 saturated carbocycles. The van der Waals surface area contributed by atoms with E-state index in [1.807, 2.05) is 0 Å². The zero-order chi connectivity index (χ0) is 23.1. The van der Waals surface area contributed by atoms with E-state index < -0.39 is 0 Å². The summed E-state index contributed by atoms with van der Waals surface area (Å²) in [6, 6.07) is 0. The number of hydrogen-bond acceptors (Lipinski definition) is 8. The largest absolute Gasteiger partial charge is 0.116 e. The van der Waals surface area contributed by atoms with Gasteiger partial charge in [0.25, 0.3) is 0 Å². The first-order valence-electron chi connectivity index (χ1n) is 12.8. The minimum Gasteiger partial charge on any atom is -0.116 e. The second-order valence-corrected chi connectivity index (χ2v) is 23.2. The maximum Gasteiger partial charge on any atom is 0.0717 e. The van der Waals surface area contributed by atoms with Crippen LogP contribution in [-0.2, 0) is 0 Å². The summed E-state index contributed by atoms with van der Waals surface area (Å²) in [7, 11) is 0. The highest BCUT2D eigenvalue weighted by Gasteiger charge is 2.64. The highest BCUT2D eigenvalue weighted by atomic mass is 32.3. The maximum atomic E-state index is 2.56. The first-order valence-corrected chi connectivity index (χ1v) is 19.7. The molecule has 0 N–H and O–H groups in total. The predicted molar refractivity (Wildman–Crippen MR) is 166 cm³/mol. The normalized spacial score (nSPS) is 49.8. The van der Waals surface area contributed by atoms with Crippen molar-refractivity contribution in [2.45, 2.75) is 75.7 Å². The maximum absolute atomic E-state index is 2.56. The van der Waals surface area contributed by atoms with E-state index >= 15 is 0 Å². The van der Waals surface area contributed by atoms with Crippen molar-refractivity contribution < 1.29 is 0 Å². The fourth-order valence-electron chi connectivity index (χ4n) is 8.39. The van der Waals surface area contributed by atoms with E-state index in [1.165, 1.54) is 50.0 Å². The fourth-order valence-corrected chi connectivity index (χ4v) is 23.0. The first-order chi connectivity index (χ1) is 16.2. The molecule has 0 nitrogen and oxygen atoms in total. The van der Waals surface area contributed by atoms with Crippen LogP contribution in [0.15, 0.2) is 25.4 Å². The summed E-state index contributed by atoms with van der Waals surface area (Å²) in [6.07, 6.45) is 8.80. The lowest BCUT2D eigenvalue weighted by Crippen LogP contribution is -2.61. The van der Waals surface area contributed by atoms with E-state index in [2.05, 4.69) is 122 Å². The van der Waals surface area contributed by atoms with Crippen molar-refractivity contribution >= 4 is 94.1 Å². The van der Waals surface area contributed by atoms with Gasteiger partial charge in [-0.05, 0) is 73.0 Å². The molecule has 6 aliphatic carbocycles. The Morgan fingerprint density at radius 2 is 0.971 bits per heavy atom. The van der Waals surface area contributed by atoms with E-state index in [0.29, 0.717) is 20.3 Å². The Morgan fingerprint density at radius 1 is 0.559 bits per heavy atom. The van der Waals surface area contributed by atoms with Crippen molar-refractivity contribution in [1.82, 2.24) is 0 Å². The Balaban J connectivity index is 0.996. The summed E-state index contributed by atoms with van der Waals surface area (Å²) in [6.45, 7) is 10.3. The van der Waals surface area contributed by atoms with E-state index in [-0.39, 0.29) is 0 Å². The third-order valence-electron chi connectivity index (χ3n) is 10.8. The van der Waals surface area contributed by atoms with Crippen LogP contribution in [0, 0.1) is 34.5 Å². The monoisotopic (exact) mass is 600 g/mol. The number of thioether (sulfide) groups is 8. The molecule has 0 saturated heterocycles. The molecule has 4 heterocycles. The van der Waals surface area contributed by atoms with E-state index in [9.17, 15) is 0 Å². The fraction of sp³-hybridized carbons (Fsp3) is 0.769. The highest BCUT2D eigenvalue weighted by molar-refractivity contribution is 8.45. The van der Waals surface area contributed by atoms with Gasteiger partial charge in [0.15, 0.2) is 0 Å². The van der Waals surface area contributed by atoms with Crippen LogP contribution in [-0.4, -0.2) is 21.0 Å². The van der Waals surface area contributed by atoms with Crippen molar-refractivity contribution in [3.63, 3.8) is 0 Å². The average Bonchev–Trinajstić information content (AvgIpc) is 3.41. The zero-order valence-electron chi connectivity index (χ0n) is 20.2. The van der Waals surface area contributed by atoms with Gasteiger partial charge < -0.3 is 0 Å². The van der Waals surface area contributed by atoms with Crippen molar-refractivity contribution in [3.05, 3.63) is 25.4 Å². The molecule has 6 fully saturated rings. The van der Waals surface area contributed by atoms with E-state index in [1.54, 1.807) is 25.4 Å². The SMILES string of the molecule is CC1(C)[C@H]2CC[C@@]3(CSC4=C(S/C(=C5\SC6=C(S5)S[C@]5(CC[C@H]7C[C@@H]5C7(C)C)CS6)S4)S3)[C@@H]1C2. The van der Waals surface area contributed by atoms with Gasteiger partial charge in [0, 0.05) is 21.0 Å². The molecule has 0 amide bonds. The van der Waals surface area contributed by atoms with Gasteiger partial charge in [0.05, 0.1) is 25.4 Å². The molecule has 0 unspecified atom stereocenters. The van der Waals surface area contributed by atoms with Crippen LogP contribution in [0.3, 0.4) is 0 Å². The van der Waals surface area contributed by atoms with Gasteiger partial charge in [-0.1, -0.05) is 74.7 Å². The van der Waals surface area contributed by atoms with Crippen LogP contribution >= 0.6 is 94.1 Å². The Morgan fingerprint density at radius 3 is 1.35 bits per heavy atom. The molecule has 6 atom stereocenters. The van der Waals surface area contributed by atoms with Crippen molar-refractivity contribution in [2.75, 3.05) is 11.5 Å². The number of hydrogen-bond donors (Lipinski definition) is 0. The molecule has 0 aromatic heterocycles. The number of fused-ring (bicyclic) bond motifs is 2. The predicted octanol–water partition coefficient (Wildman–Crippen LogP) is 10.7. The van der Waals surface area contributed by atoms with E-state index in [4.69, 9.17) is 0 Å². The van der Waals surface area contributed by atoms with Gasteiger partial charge in [-0.2, -0.15) is 0 Å². The smallest absolute Gasteiger partial charge is 0.0717 e. The van der Waals surface area contributed by atoms with Gasteiger partial charge in [-0.3, -0.25) is 0 Å². The Labute approximate surface area is 239 Å². The van der Waals surface area contributed by atoms with Gasteiger partial charge >= 0.3 is 0 Å². The van der Waals surface area contributed by atoms with Crippen LogP contribution in [0.2, 0.25) is 0 Å². The molecular weight excluding hydrogens is 569 g/mol. The van der Waals surface area contributed by atoms with Crippen LogP contribution in [0.1, 0.15) is 66.2 Å². The van der Waals surface area contributed by atoms with Crippen molar-refractivity contribution in [1.29, 1.82) is 0 Å². The summed E-state index contributed by atoms with van der Waals surface area (Å²) >= 11 is 17.5. The molecule has 0 aromatic rings. The third kappa shape index (κ3) is 3.18. The molecule has 4 aliphatic heterocycles. The Bertz CT molecular complexity index is 996. The Kier molecular flexibility index (Phi) is 5.49. The third-order valence-corrected chi connectivity index (χ3v) is 24.1. The molecule has 0 aromatic carbocycles. The summed E-state index contributed by atoms with van der Waals surface area (Å²) in [5, 5.41) is 0. The quantitative estimate of drug-likeness (QED) is 0.266. The van der Waals surface area contributed by atoms with Crippen LogP contribution in [0.4, 0.5) is 0 Å². The molecule has 34 heavy (non-hydrogen) atoms. The lowest BCUT2D eigenvalue weighted by atomic mass is 9.45. The van der Waals surface area contributed by atoms with Crippen molar-refractivity contribution in [2.24, 2.45) is 34.5 Å². The molecular formula is C26H32S8. The van der Waals surface area contributed by atoms with Gasteiger partial charge in [0.2, 0.25) is 0 Å². The Hall–Kier alpha value is 2.02. The minimum atomic E-state index is 0.509. The topological polar surface area (TPSA) is 0 Å². The van der Waals surface area contributed by atoms with Gasteiger partial charge in [-0.25, -0.2) is 0 Å². The summed E-state index contributed by atoms with van der Waals surface area (Å²) in [4.78, 5) is 0. The number of rotatable bonds is 0. The first kappa shape index (κ1) is 23.9. The van der Waals surface area contributed by atoms with Gasteiger partial charge in [-0.15, -0.1) is 47.0 Å². The van der Waals surface area contributed by atoms with Crippen LogP contribution in [0.25, 0.3) is 0 Å². The summed E-state index contributed by atoms with van der Waals surface area (Å²) in [5.41, 5.74) is 1.14. The molecule has 184 valence electrons. The van der Waals surface area contributed by atoms with Crippen LogP contribution in [0.5, 0.6) is 0 Å². The molecule has 8 heteroatoms. The van der Waals surface area contributed by atoms with Crippen molar-refractivity contribution in [3.8, 4) is 0 Å². The summed E-state index contributed by atoms with van der Waals surface area (Å²) < 4.78 is 10.8. The standard InChI is InChI=1S/C26H32S8/c1-23(2)13-5-7-25(15(23)9-13)11-27-17-21(33-25)31-19(29-17)20-30-18-22(32-20)34-26(12-28-18)8-6-14-10-16(26)24(14,3)4/h13-16H,5-12H2,1-4H3/b20-19+/t13-,14-,15+,16+,25+,26+/m0/s1. The molecule has 2 spiro atoms. The second-order valence-electron chi connectivity index (χ2n) is 12.7. The van der Waals surface area contributed by atoms with Crippen LogP contribution < -0.4 is 0 Å². The second kappa shape index (κ2) is 7.81. The molecule has 10 aliphatic rings. The average molecular weight is 601 g/mol.